The number of methoxy groups -OCH3 is 1. The van der Waals surface area contributed by atoms with Gasteiger partial charge in [-0.1, -0.05) is 16.8 Å². The summed E-state index contributed by atoms with van der Waals surface area (Å²) >= 11 is 5.92. The number of benzene rings is 1. The van der Waals surface area contributed by atoms with Crippen LogP contribution in [-0.2, 0) is 10.0 Å². The van der Waals surface area contributed by atoms with Gasteiger partial charge in [0.05, 0.1) is 25.4 Å². The summed E-state index contributed by atoms with van der Waals surface area (Å²) in [7, 11) is -2.38. The minimum Gasteiger partial charge on any atom is -0.495 e. The van der Waals surface area contributed by atoms with Crippen LogP contribution in [0.15, 0.2) is 35.5 Å². The molecule has 8 nitrogen and oxygen atoms in total. The Bertz CT molecular complexity index is 781. The van der Waals surface area contributed by atoms with Crippen molar-refractivity contribution in [1.29, 1.82) is 0 Å². The molecule has 0 saturated carbocycles. The van der Waals surface area contributed by atoms with Crippen LogP contribution >= 0.6 is 11.6 Å². The summed E-state index contributed by atoms with van der Waals surface area (Å²) in [5, 5.41) is 11.2. The third kappa shape index (κ3) is 3.32. The monoisotopic (exact) mass is 357 g/mol. The quantitative estimate of drug-likeness (QED) is 0.805. The number of sulfonamides is 1. The van der Waals surface area contributed by atoms with E-state index >= 15 is 0 Å². The lowest BCUT2D eigenvalue weighted by atomic mass is 10.2. The van der Waals surface area contributed by atoms with E-state index in [0.717, 1.165) is 0 Å². The van der Waals surface area contributed by atoms with Crippen molar-refractivity contribution in [2.75, 3.05) is 20.2 Å². The average molecular weight is 358 g/mol. The van der Waals surface area contributed by atoms with Gasteiger partial charge in [-0.05, 0) is 18.2 Å². The number of nitrogens with zero attached hydrogens (tertiary/aromatic N) is 3. The van der Waals surface area contributed by atoms with Crippen LogP contribution in [0.25, 0.3) is 0 Å². The lowest BCUT2D eigenvalue weighted by Gasteiger charge is -2.20. The van der Waals surface area contributed by atoms with Gasteiger partial charge in [-0.25, -0.2) is 17.8 Å². The van der Waals surface area contributed by atoms with Crippen molar-refractivity contribution in [1.82, 2.24) is 25.0 Å². The highest BCUT2D eigenvalue weighted by Crippen LogP contribution is 2.28. The van der Waals surface area contributed by atoms with Crippen LogP contribution in [0, 0.1) is 0 Å². The summed E-state index contributed by atoms with van der Waals surface area (Å²) < 4.78 is 34.9. The third-order valence-corrected chi connectivity index (χ3v) is 5.43. The standard InChI is InChI=1S/C13H16ClN5O3S/c1-22-12-3-2-9(14)6-13(12)23(20,21)17-10-7-15-8-11(10)19-5-4-16-18-19/h2-6,10-11,15,17H,7-8H2,1H3/t10-,11+/m1/s1. The fraction of sp³-hybridized carbons (Fsp3) is 0.385. The lowest BCUT2D eigenvalue weighted by molar-refractivity contribution is 0.398. The predicted octanol–water partition coefficient (Wildman–Crippen LogP) is 0.431. The van der Waals surface area contributed by atoms with E-state index in [1.54, 1.807) is 23.1 Å². The number of ether oxygens (including phenoxy) is 1. The van der Waals surface area contributed by atoms with Crippen LogP contribution in [-0.4, -0.2) is 49.7 Å². The fourth-order valence-electron chi connectivity index (χ4n) is 2.58. The fourth-order valence-corrected chi connectivity index (χ4v) is 4.28. The van der Waals surface area contributed by atoms with E-state index in [9.17, 15) is 8.42 Å². The molecule has 1 aliphatic heterocycles. The highest BCUT2D eigenvalue weighted by molar-refractivity contribution is 7.89. The highest BCUT2D eigenvalue weighted by atomic mass is 35.5. The van der Waals surface area contributed by atoms with Gasteiger partial charge in [-0.3, -0.25) is 0 Å². The van der Waals surface area contributed by atoms with Crippen molar-refractivity contribution in [3.63, 3.8) is 0 Å². The normalized spacial score (nSPS) is 21.5. The number of hydrogen-bond donors (Lipinski definition) is 2. The maximum atomic E-state index is 12.7. The molecule has 2 aromatic rings. The van der Waals surface area contributed by atoms with Crippen molar-refractivity contribution >= 4 is 21.6 Å². The van der Waals surface area contributed by atoms with Crippen LogP contribution in [0.2, 0.25) is 5.02 Å². The smallest absolute Gasteiger partial charge is 0.244 e. The molecule has 0 aliphatic carbocycles. The topological polar surface area (TPSA) is 98.1 Å². The first-order valence-corrected chi connectivity index (χ1v) is 8.80. The molecule has 3 rings (SSSR count). The first-order chi connectivity index (χ1) is 11.0. The molecular weight excluding hydrogens is 342 g/mol. The average Bonchev–Trinajstić information content (AvgIpc) is 3.17. The Kier molecular flexibility index (Phi) is 4.53. The Morgan fingerprint density at radius 1 is 1.43 bits per heavy atom. The molecule has 0 bridgehead atoms. The van der Waals surface area contributed by atoms with Crippen LogP contribution in [0.3, 0.4) is 0 Å². The summed E-state index contributed by atoms with van der Waals surface area (Å²) in [5.41, 5.74) is 0. The van der Waals surface area contributed by atoms with Crippen LogP contribution in [0.1, 0.15) is 6.04 Å². The molecule has 1 aliphatic rings. The molecule has 0 spiro atoms. The first-order valence-electron chi connectivity index (χ1n) is 6.93. The molecule has 124 valence electrons. The molecule has 2 atom stereocenters. The van der Waals surface area contributed by atoms with Crippen LogP contribution in [0.5, 0.6) is 5.75 Å². The molecule has 0 radical (unpaired) electrons. The molecule has 1 saturated heterocycles. The SMILES string of the molecule is COc1ccc(Cl)cc1S(=O)(=O)N[C@@H]1CNC[C@@H]1n1ccnn1. The minimum absolute atomic E-state index is 0.0109. The second kappa shape index (κ2) is 6.44. The summed E-state index contributed by atoms with van der Waals surface area (Å²) in [6.07, 6.45) is 3.27. The maximum absolute atomic E-state index is 12.7. The minimum atomic E-state index is -3.79. The van der Waals surface area contributed by atoms with Gasteiger partial charge in [0.1, 0.15) is 10.6 Å². The third-order valence-electron chi connectivity index (χ3n) is 3.68. The van der Waals surface area contributed by atoms with Crippen molar-refractivity contribution in [3.05, 3.63) is 35.6 Å². The molecule has 1 fully saturated rings. The van der Waals surface area contributed by atoms with E-state index in [0.29, 0.717) is 18.1 Å². The number of hydrogen-bond acceptors (Lipinski definition) is 6. The molecule has 23 heavy (non-hydrogen) atoms. The van der Waals surface area contributed by atoms with E-state index in [1.165, 1.54) is 19.2 Å². The number of halogens is 1. The van der Waals surface area contributed by atoms with Gasteiger partial charge in [-0.2, -0.15) is 0 Å². The van der Waals surface area contributed by atoms with E-state index < -0.39 is 10.0 Å². The summed E-state index contributed by atoms with van der Waals surface area (Å²) in [6.45, 7) is 1.09. The predicted molar refractivity (Wildman–Crippen MR) is 84.0 cm³/mol. The summed E-state index contributed by atoms with van der Waals surface area (Å²) in [6, 6.07) is 3.96. The van der Waals surface area contributed by atoms with E-state index in [-0.39, 0.29) is 22.7 Å². The van der Waals surface area contributed by atoms with Crippen molar-refractivity contribution in [3.8, 4) is 5.75 Å². The van der Waals surface area contributed by atoms with Crippen molar-refractivity contribution < 1.29 is 13.2 Å². The second-order valence-electron chi connectivity index (χ2n) is 5.13. The van der Waals surface area contributed by atoms with Gasteiger partial charge < -0.3 is 10.1 Å². The summed E-state index contributed by atoms with van der Waals surface area (Å²) in [4.78, 5) is 0.0109. The van der Waals surface area contributed by atoms with Gasteiger partial charge in [-0.15, -0.1) is 5.10 Å². The zero-order chi connectivity index (χ0) is 16.4. The lowest BCUT2D eigenvalue weighted by Crippen LogP contribution is -2.41. The molecule has 2 heterocycles. The zero-order valence-electron chi connectivity index (χ0n) is 12.3. The van der Waals surface area contributed by atoms with Crippen molar-refractivity contribution in [2.45, 2.75) is 17.0 Å². The first kappa shape index (κ1) is 16.2. The van der Waals surface area contributed by atoms with Gasteiger partial charge in [0.2, 0.25) is 10.0 Å². The van der Waals surface area contributed by atoms with Gasteiger partial charge in [0.15, 0.2) is 0 Å². The zero-order valence-corrected chi connectivity index (χ0v) is 13.9. The Balaban J connectivity index is 1.88. The van der Waals surface area contributed by atoms with Gasteiger partial charge >= 0.3 is 0 Å². The number of rotatable bonds is 5. The molecule has 0 amide bonds. The Hall–Kier alpha value is -1.68. The Morgan fingerprint density at radius 2 is 2.26 bits per heavy atom. The molecule has 10 heteroatoms. The maximum Gasteiger partial charge on any atom is 0.244 e. The molecule has 0 unspecified atom stereocenters. The Morgan fingerprint density at radius 3 is 2.96 bits per heavy atom. The largest absolute Gasteiger partial charge is 0.495 e. The van der Waals surface area contributed by atoms with E-state index in [2.05, 4.69) is 20.4 Å². The van der Waals surface area contributed by atoms with E-state index in [1.807, 2.05) is 0 Å². The summed E-state index contributed by atoms with van der Waals surface area (Å²) in [5.74, 6) is 0.241. The van der Waals surface area contributed by atoms with Gasteiger partial charge in [0.25, 0.3) is 0 Å². The molecule has 2 N–H and O–H groups in total. The molecule has 1 aromatic carbocycles. The van der Waals surface area contributed by atoms with Gasteiger partial charge in [0, 0.05) is 24.3 Å². The highest BCUT2D eigenvalue weighted by Gasteiger charge is 2.34. The van der Waals surface area contributed by atoms with Crippen LogP contribution in [0.4, 0.5) is 0 Å². The molecular formula is C13H16ClN5O3S. The van der Waals surface area contributed by atoms with Crippen LogP contribution < -0.4 is 14.8 Å². The number of nitrogens with one attached hydrogen (secondary N) is 2. The Labute approximate surface area is 138 Å². The molecule has 1 aromatic heterocycles. The van der Waals surface area contributed by atoms with E-state index in [4.69, 9.17) is 16.3 Å². The number of aromatic nitrogens is 3. The second-order valence-corrected chi connectivity index (χ2v) is 7.25. The van der Waals surface area contributed by atoms with Crippen molar-refractivity contribution in [2.24, 2.45) is 0 Å².